The molecule has 4 fully saturated rings. The molecule has 3 saturated carbocycles. The number of carbonyl (C=O) groups excluding carboxylic acids is 2. The third kappa shape index (κ3) is 2.12. The second-order valence-corrected chi connectivity index (χ2v) is 10.1. The molecule has 1 heterocycles. The fourth-order valence-electron chi connectivity index (χ4n) is 6.59. The number of imide groups is 1. The first-order valence-corrected chi connectivity index (χ1v) is 10.7. The average molecular weight is 435 g/mol. The topological polar surface area (TPSA) is 80.8 Å². The Kier molecular flexibility index (Phi) is 3.64. The van der Waals surface area contributed by atoms with Gasteiger partial charge >= 0.3 is 21.3 Å². The fraction of sp³-hybridized carbons (Fsp3) is 0.667. The zero-order valence-corrected chi connectivity index (χ0v) is 15.7. The molecule has 29 heavy (non-hydrogen) atoms. The van der Waals surface area contributed by atoms with Crippen LogP contribution in [0, 0.1) is 47.3 Å². The highest BCUT2D eigenvalue weighted by Gasteiger charge is 2.73. The molecule has 8 atom stereocenters. The zero-order valence-electron chi connectivity index (χ0n) is 14.9. The van der Waals surface area contributed by atoms with Crippen molar-refractivity contribution in [1.29, 1.82) is 0 Å². The smallest absolute Gasteiger partial charge is 0.272 e. The highest BCUT2D eigenvalue weighted by molar-refractivity contribution is 7.87. The van der Waals surface area contributed by atoms with Crippen molar-refractivity contribution in [1.82, 2.24) is 5.06 Å². The van der Waals surface area contributed by atoms with Crippen LogP contribution in [0.1, 0.15) is 12.8 Å². The standard InChI is InChI=1S/C18H17F4NO5S/c1-2-17(19,20)18(21,22)29(26,27)28-23-15(24)13-9-6-10(14(13)16(23)25)12-8-4-3-7(5-8)11(9)12/h2-4,7-14H,1,5-6H2. The van der Waals surface area contributed by atoms with Crippen LogP contribution in [0.2, 0.25) is 0 Å². The number of nitrogens with zero attached hydrogens (tertiary/aromatic N) is 1. The molecular weight excluding hydrogens is 418 g/mol. The second kappa shape index (κ2) is 5.48. The van der Waals surface area contributed by atoms with Gasteiger partial charge in [-0.1, -0.05) is 18.7 Å². The number of hydroxylamine groups is 2. The Morgan fingerprint density at radius 1 is 1.00 bits per heavy atom. The van der Waals surface area contributed by atoms with Crippen LogP contribution in [0.25, 0.3) is 0 Å². The molecule has 8 unspecified atom stereocenters. The molecule has 0 spiro atoms. The van der Waals surface area contributed by atoms with E-state index >= 15 is 0 Å². The van der Waals surface area contributed by atoms with Crippen LogP contribution in [-0.2, 0) is 24.0 Å². The van der Waals surface area contributed by atoms with E-state index in [1.807, 2.05) is 0 Å². The van der Waals surface area contributed by atoms with E-state index in [2.05, 4.69) is 23.0 Å². The molecule has 2 amide bonds. The lowest BCUT2D eigenvalue weighted by atomic mass is 9.65. The summed E-state index contributed by atoms with van der Waals surface area (Å²) in [5.41, 5.74) is 0. The zero-order chi connectivity index (χ0) is 21.1. The highest BCUT2D eigenvalue weighted by atomic mass is 32.2. The van der Waals surface area contributed by atoms with Crippen molar-refractivity contribution in [2.75, 3.05) is 0 Å². The molecular formula is C18H17F4NO5S. The monoisotopic (exact) mass is 435 g/mol. The van der Waals surface area contributed by atoms with Crippen LogP contribution in [0.3, 0.4) is 0 Å². The summed E-state index contributed by atoms with van der Waals surface area (Å²) in [6.07, 6.45) is 5.27. The maximum atomic E-state index is 13.8. The van der Waals surface area contributed by atoms with Crippen LogP contribution in [-0.4, -0.2) is 36.5 Å². The Morgan fingerprint density at radius 2 is 1.48 bits per heavy atom. The Morgan fingerprint density at radius 3 is 1.93 bits per heavy atom. The largest absolute Gasteiger partial charge is 0.437 e. The lowest BCUT2D eigenvalue weighted by molar-refractivity contribution is -0.173. The van der Waals surface area contributed by atoms with Crippen molar-refractivity contribution in [3.8, 4) is 0 Å². The third-order valence-electron chi connectivity index (χ3n) is 7.53. The number of hydrogen-bond donors (Lipinski definition) is 0. The minimum Gasteiger partial charge on any atom is -0.272 e. The second-order valence-electron chi connectivity index (χ2n) is 8.56. The number of carbonyl (C=O) groups is 2. The maximum absolute atomic E-state index is 13.8. The van der Waals surface area contributed by atoms with Crippen LogP contribution in [0.15, 0.2) is 24.8 Å². The quantitative estimate of drug-likeness (QED) is 0.287. The molecule has 0 N–H and O–H groups in total. The molecule has 6 nitrogen and oxygen atoms in total. The van der Waals surface area contributed by atoms with Gasteiger partial charge in [0.05, 0.1) is 11.8 Å². The van der Waals surface area contributed by atoms with Crippen molar-refractivity contribution in [3.05, 3.63) is 24.8 Å². The molecule has 5 aliphatic rings. The molecule has 1 aliphatic heterocycles. The van der Waals surface area contributed by atoms with Gasteiger partial charge in [-0.2, -0.15) is 26.0 Å². The first-order chi connectivity index (χ1) is 13.4. The molecule has 1 saturated heterocycles. The molecule has 0 aromatic carbocycles. The summed E-state index contributed by atoms with van der Waals surface area (Å²) in [6, 6.07) is 0. The molecule has 4 aliphatic carbocycles. The maximum Gasteiger partial charge on any atom is 0.437 e. The number of amides is 2. The van der Waals surface area contributed by atoms with E-state index in [0.717, 1.165) is 6.42 Å². The van der Waals surface area contributed by atoms with Gasteiger partial charge in [-0.15, -0.1) is 9.35 Å². The number of hydrogen-bond acceptors (Lipinski definition) is 5. The van der Waals surface area contributed by atoms with Gasteiger partial charge in [-0.3, -0.25) is 9.59 Å². The van der Waals surface area contributed by atoms with Crippen molar-refractivity contribution >= 4 is 21.9 Å². The predicted molar refractivity (Wildman–Crippen MR) is 88.2 cm³/mol. The van der Waals surface area contributed by atoms with Crippen LogP contribution >= 0.6 is 0 Å². The van der Waals surface area contributed by atoms with Gasteiger partial charge in [0.15, 0.2) is 0 Å². The lowest BCUT2D eigenvalue weighted by Gasteiger charge is -2.36. The third-order valence-corrected chi connectivity index (χ3v) is 8.77. The van der Waals surface area contributed by atoms with Gasteiger partial charge in [0.25, 0.3) is 11.8 Å². The number of rotatable bonds is 5. The number of allylic oxidation sites excluding steroid dienone is 3. The Labute approximate surface area is 163 Å². The number of fused-ring (bicyclic) bond motifs is 12. The molecule has 158 valence electrons. The summed E-state index contributed by atoms with van der Waals surface area (Å²) in [6.45, 7) is 2.50. The van der Waals surface area contributed by atoms with Crippen molar-refractivity contribution in [2.45, 2.75) is 24.0 Å². The van der Waals surface area contributed by atoms with Crippen LogP contribution in [0.5, 0.6) is 0 Å². The Hall–Kier alpha value is -1.75. The molecule has 0 radical (unpaired) electrons. The van der Waals surface area contributed by atoms with E-state index in [1.54, 1.807) is 0 Å². The summed E-state index contributed by atoms with van der Waals surface area (Å²) in [4.78, 5) is 25.5. The minimum atomic E-state index is -6.33. The molecule has 4 bridgehead atoms. The number of alkyl halides is 4. The van der Waals surface area contributed by atoms with Crippen molar-refractivity contribution < 1.29 is 39.9 Å². The summed E-state index contributed by atoms with van der Waals surface area (Å²) in [7, 11) is -6.33. The summed E-state index contributed by atoms with van der Waals surface area (Å²) in [5, 5.41) is -5.92. The predicted octanol–water partition coefficient (Wildman–Crippen LogP) is 2.35. The van der Waals surface area contributed by atoms with E-state index in [0.29, 0.717) is 6.42 Å². The van der Waals surface area contributed by atoms with E-state index in [-0.39, 0.29) is 40.6 Å². The first-order valence-electron chi connectivity index (χ1n) is 9.32. The molecule has 0 aromatic heterocycles. The van der Waals surface area contributed by atoms with Gasteiger partial charge < -0.3 is 0 Å². The van der Waals surface area contributed by atoms with E-state index in [1.165, 1.54) is 0 Å². The summed E-state index contributed by atoms with van der Waals surface area (Å²) in [5.74, 6) is -8.32. The number of halogens is 4. The van der Waals surface area contributed by atoms with Gasteiger partial charge in [-0.25, -0.2) is 0 Å². The molecule has 5 rings (SSSR count). The first kappa shape index (κ1) is 19.2. The Bertz CT molecular complexity index is 921. The Balaban J connectivity index is 1.43. The van der Waals surface area contributed by atoms with Gasteiger partial charge in [-0.05, 0) is 54.4 Å². The molecule has 0 aromatic rings. The van der Waals surface area contributed by atoms with E-state index in [4.69, 9.17) is 0 Å². The SMILES string of the molecule is C=CC(F)(F)C(F)(F)S(=O)(=O)ON1C(=O)C2C3CC(C2C1=O)C1C2C=CC(C2)C31. The van der Waals surface area contributed by atoms with Gasteiger partial charge in [0, 0.05) is 0 Å². The fourth-order valence-corrected chi connectivity index (χ4v) is 7.45. The average Bonchev–Trinajstić information content (AvgIpc) is 3.44. The van der Waals surface area contributed by atoms with Crippen LogP contribution < -0.4 is 0 Å². The van der Waals surface area contributed by atoms with Gasteiger partial charge in [0.1, 0.15) is 0 Å². The van der Waals surface area contributed by atoms with E-state index in [9.17, 15) is 35.6 Å². The lowest BCUT2D eigenvalue weighted by Crippen LogP contribution is -2.49. The minimum absolute atomic E-state index is 0.169. The highest BCUT2D eigenvalue weighted by Crippen LogP contribution is 2.70. The molecule has 11 heteroatoms. The van der Waals surface area contributed by atoms with Crippen LogP contribution in [0.4, 0.5) is 17.6 Å². The summed E-state index contributed by atoms with van der Waals surface area (Å²) >= 11 is 0. The van der Waals surface area contributed by atoms with Gasteiger partial charge in [0.2, 0.25) is 0 Å². The van der Waals surface area contributed by atoms with E-state index < -0.39 is 51.0 Å². The van der Waals surface area contributed by atoms with Crippen molar-refractivity contribution in [2.24, 2.45) is 47.3 Å². The normalized spacial score (nSPS) is 42.7. The van der Waals surface area contributed by atoms with Crippen molar-refractivity contribution in [3.63, 3.8) is 0 Å². The summed E-state index contributed by atoms with van der Waals surface area (Å²) < 4.78 is 82.2.